The highest BCUT2D eigenvalue weighted by Crippen LogP contribution is 2.22. The summed E-state index contributed by atoms with van der Waals surface area (Å²) in [5.74, 6) is -0.0385. The number of hydrogen-bond acceptors (Lipinski definition) is 5. The molecule has 2 rings (SSSR count). The molecular formula is C10H11ClN4O3S. The third-order valence-electron chi connectivity index (χ3n) is 2.10. The van der Waals surface area contributed by atoms with E-state index in [1.54, 1.807) is 19.1 Å². The molecule has 0 bridgehead atoms. The molecule has 2 N–H and O–H groups in total. The van der Waals surface area contributed by atoms with Gasteiger partial charge in [-0.15, -0.1) is 5.10 Å². The van der Waals surface area contributed by atoms with Crippen LogP contribution in [0.2, 0.25) is 5.02 Å². The highest BCUT2D eigenvalue weighted by molar-refractivity contribution is 7.92. The van der Waals surface area contributed by atoms with Crippen LogP contribution in [0.5, 0.6) is 6.01 Å². The molecule has 2 aromatic rings. The van der Waals surface area contributed by atoms with Gasteiger partial charge < -0.3 is 4.74 Å². The zero-order valence-electron chi connectivity index (χ0n) is 9.92. The summed E-state index contributed by atoms with van der Waals surface area (Å²) in [6, 6.07) is 6.17. The maximum Gasteiger partial charge on any atom is 0.337 e. The van der Waals surface area contributed by atoms with Crippen LogP contribution in [0.3, 0.4) is 0 Å². The van der Waals surface area contributed by atoms with Crippen LogP contribution in [0, 0.1) is 0 Å². The SMILES string of the molecule is CCOc1n[nH]c(NS(=O)(=O)c2ccccc2Cl)n1. The van der Waals surface area contributed by atoms with Gasteiger partial charge in [0, 0.05) is 0 Å². The van der Waals surface area contributed by atoms with E-state index in [-0.39, 0.29) is 21.9 Å². The number of ether oxygens (including phenoxy) is 1. The monoisotopic (exact) mass is 302 g/mol. The molecule has 0 aliphatic carbocycles. The fourth-order valence-electron chi connectivity index (χ4n) is 1.33. The van der Waals surface area contributed by atoms with Gasteiger partial charge in [0.1, 0.15) is 4.90 Å². The van der Waals surface area contributed by atoms with Gasteiger partial charge in [-0.2, -0.15) is 4.98 Å². The lowest BCUT2D eigenvalue weighted by atomic mass is 10.4. The standard InChI is InChI=1S/C10H11ClN4O3S/c1-2-18-10-12-9(13-14-10)15-19(16,17)8-6-4-3-5-7(8)11/h3-6H,2H2,1H3,(H2,12,13,14,15). The van der Waals surface area contributed by atoms with Crippen molar-refractivity contribution >= 4 is 27.6 Å². The molecule has 9 heteroatoms. The van der Waals surface area contributed by atoms with E-state index in [9.17, 15) is 8.42 Å². The minimum Gasteiger partial charge on any atom is -0.463 e. The summed E-state index contributed by atoms with van der Waals surface area (Å²) < 4.78 is 31.4. The summed E-state index contributed by atoms with van der Waals surface area (Å²) in [7, 11) is -3.82. The average Bonchev–Trinajstić information content (AvgIpc) is 2.76. The van der Waals surface area contributed by atoms with Crippen LogP contribution in [0.25, 0.3) is 0 Å². The molecule has 102 valence electrons. The Morgan fingerprint density at radius 1 is 1.42 bits per heavy atom. The average molecular weight is 303 g/mol. The van der Waals surface area contributed by atoms with Crippen LogP contribution in [-0.4, -0.2) is 30.2 Å². The molecule has 1 aromatic carbocycles. The van der Waals surface area contributed by atoms with E-state index in [1.165, 1.54) is 12.1 Å². The molecule has 0 spiro atoms. The fraction of sp³-hybridized carbons (Fsp3) is 0.200. The second-order valence-electron chi connectivity index (χ2n) is 3.44. The molecule has 0 aliphatic heterocycles. The Bertz CT molecular complexity index is 671. The third kappa shape index (κ3) is 3.15. The number of nitrogens with one attached hydrogen (secondary N) is 2. The molecule has 0 unspecified atom stereocenters. The molecule has 1 heterocycles. The molecule has 0 atom stereocenters. The number of anilines is 1. The van der Waals surface area contributed by atoms with E-state index in [0.29, 0.717) is 6.61 Å². The maximum absolute atomic E-state index is 12.1. The van der Waals surface area contributed by atoms with Crippen molar-refractivity contribution in [3.63, 3.8) is 0 Å². The Morgan fingerprint density at radius 2 is 2.16 bits per heavy atom. The first kappa shape index (κ1) is 13.6. The van der Waals surface area contributed by atoms with E-state index in [0.717, 1.165) is 0 Å². The largest absolute Gasteiger partial charge is 0.463 e. The van der Waals surface area contributed by atoms with Crippen LogP contribution in [0.1, 0.15) is 6.92 Å². The van der Waals surface area contributed by atoms with Crippen molar-refractivity contribution in [1.82, 2.24) is 15.2 Å². The number of aromatic amines is 1. The number of halogens is 1. The van der Waals surface area contributed by atoms with Crippen molar-refractivity contribution in [2.45, 2.75) is 11.8 Å². The predicted octanol–water partition coefficient (Wildman–Crippen LogP) is 1.66. The molecule has 19 heavy (non-hydrogen) atoms. The summed E-state index contributed by atoms with van der Waals surface area (Å²) >= 11 is 5.84. The molecular weight excluding hydrogens is 292 g/mol. The lowest BCUT2D eigenvalue weighted by Gasteiger charge is -2.05. The first-order valence-corrected chi connectivity index (χ1v) is 7.21. The van der Waals surface area contributed by atoms with Crippen LogP contribution in [0.4, 0.5) is 5.95 Å². The van der Waals surface area contributed by atoms with Crippen LogP contribution >= 0.6 is 11.6 Å². The maximum atomic E-state index is 12.1. The molecule has 1 aromatic heterocycles. The van der Waals surface area contributed by atoms with Gasteiger partial charge in [-0.25, -0.2) is 18.2 Å². The molecule has 0 amide bonds. The zero-order valence-corrected chi connectivity index (χ0v) is 11.5. The third-order valence-corrected chi connectivity index (χ3v) is 3.93. The normalized spacial score (nSPS) is 11.3. The van der Waals surface area contributed by atoms with Gasteiger partial charge in [-0.1, -0.05) is 23.7 Å². The van der Waals surface area contributed by atoms with Gasteiger partial charge in [0.25, 0.3) is 10.0 Å². The van der Waals surface area contributed by atoms with E-state index >= 15 is 0 Å². The van der Waals surface area contributed by atoms with Gasteiger partial charge in [0.2, 0.25) is 5.95 Å². The second kappa shape index (κ2) is 5.45. The summed E-state index contributed by atoms with van der Waals surface area (Å²) in [4.78, 5) is 3.78. The highest BCUT2D eigenvalue weighted by Gasteiger charge is 2.19. The molecule has 0 aliphatic rings. The molecule has 0 radical (unpaired) electrons. The van der Waals surface area contributed by atoms with Crippen LogP contribution in [-0.2, 0) is 10.0 Å². The number of nitrogens with zero attached hydrogens (tertiary/aromatic N) is 2. The van der Waals surface area contributed by atoms with E-state index in [2.05, 4.69) is 19.9 Å². The number of aromatic nitrogens is 3. The molecule has 0 saturated carbocycles. The van der Waals surface area contributed by atoms with Crippen molar-refractivity contribution in [2.24, 2.45) is 0 Å². The minimum atomic E-state index is -3.82. The highest BCUT2D eigenvalue weighted by atomic mass is 35.5. The predicted molar refractivity (Wildman–Crippen MR) is 69.8 cm³/mol. The lowest BCUT2D eigenvalue weighted by molar-refractivity contribution is 0.314. The van der Waals surface area contributed by atoms with E-state index < -0.39 is 10.0 Å². The zero-order chi connectivity index (χ0) is 13.9. The second-order valence-corrected chi connectivity index (χ2v) is 5.49. The Hall–Kier alpha value is -1.80. The summed E-state index contributed by atoms with van der Waals surface area (Å²) in [5, 5.41) is 6.23. The summed E-state index contributed by atoms with van der Waals surface area (Å²) in [6.07, 6.45) is 0. The molecule has 0 fully saturated rings. The molecule has 7 nitrogen and oxygen atoms in total. The fourth-order valence-corrected chi connectivity index (χ4v) is 2.81. The summed E-state index contributed by atoms with van der Waals surface area (Å²) in [6.45, 7) is 2.15. The first-order valence-electron chi connectivity index (χ1n) is 5.35. The van der Waals surface area contributed by atoms with Gasteiger partial charge in [-0.3, -0.25) is 0 Å². The van der Waals surface area contributed by atoms with Gasteiger partial charge >= 0.3 is 6.01 Å². The van der Waals surface area contributed by atoms with Gasteiger partial charge in [0.15, 0.2) is 0 Å². The summed E-state index contributed by atoms with van der Waals surface area (Å²) in [5.41, 5.74) is 0. The van der Waals surface area contributed by atoms with Gasteiger partial charge in [-0.05, 0) is 19.1 Å². The number of benzene rings is 1. The van der Waals surface area contributed by atoms with Crippen molar-refractivity contribution in [3.05, 3.63) is 29.3 Å². The molecule has 0 saturated heterocycles. The topological polar surface area (TPSA) is 97.0 Å². The number of rotatable bonds is 5. The van der Waals surface area contributed by atoms with Crippen molar-refractivity contribution < 1.29 is 13.2 Å². The van der Waals surface area contributed by atoms with Crippen LogP contribution < -0.4 is 9.46 Å². The van der Waals surface area contributed by atoms with Gasteiger partial charge in [0.05, 0.1) is 11.6 Å². The van der Waals surface area contributed by atoms with E-state index in [4.69, 9.17) is 16.3 Å². The smallest absolute Gasteiger partial charge is 0.337 e. The Balaban J connectivity index is 2.24. The minimum absolute atomic E-state index is 0.0361. The van der Waals surface area contributed by atoms with E-state index in [1.807, 2.05) is 0 Å². The van der Waals surface area contributed by atoms with Crippen LogP contribution in [0.15, 0.2) is 29.2 Å². The number of H-pyrrole nitrogens is 1. The first-order chi connectivity index (χ1) is 9.03. The quantitative estimate of drug-likeness (QED) is 0.875. The van der Waals surface area contributed by atoms with Crippen molar-refractivity contribution in [1.29, 1.82) is 0 Å². The van der Waals surface area contributed by atoms with Crippen molar-refractivity contribution in [3.8, 4) is 6.01 Å². The Labute approximate surface area is 115 Å². The van der Waals surface area contributed by atoms with Crippen molar-refractivity contribution in [2.75, 3.05) is 11.3 Å². The number of sulfonamides is 1. The Kier molecular flexibility index (Phi) is 3.91. The Morgan fingerprint density at radius 3 is 2.84 bits per heavy atom. The lowest BCUT2D eigenvalue weighted by Crippen LogP contribution is -2.14. The number of hydrogen-bond donors (Lipinski definition) is 2.